The number of thiophene rings is 1. The Morgan fingerprint density at radius 2 is 2.36 bits per heavy atom. The van der Waals surface area contributed by atoms with Crippen molar-refractivity contribution in [2.24, 2.45) is 0 Å². The number of nitrogens with one attached hydrogen (secondary N) is 1. The molecule has 1 aromatic heterocycles. The molecule has 0 amide bonds. The van der Waals surface area contributed by atoms with Crippen LogP contribution in [0.2, 0.25) is 0 Å². The van der Waals surface area contributed by atoms with E-state index in [0.29, 0.717) is 6.42 Å². The zero-order chi connectivity index (χ0) is 9.80. The molecular weight excluding hydrogens is 197 g/mol. The zero-order valence-corrected chi connectivity index (χ0v) is 9.13. The monoisotopic (exact) mass is 213 g/mol. The summed E-state index contributed by atoms with van der Waals surface area (Å²) in [4.78, 5) is 2.99. The lowest BCUT2D eigenvalue weighted by Gasteiger charge is -1.99. The van der Waals surface area contributed by atoms with Crippen LogP contribution in [-0.2, 0) is 19.4 Å². The third kappa shape index (κ3) is 2.34. The van der Waals surface area contributed by atoms with Gasteiger partial charge in [-0.3, -0.25) is 4.39 Å². The lowest BCUT2D eigenvalue weighted by Crippen LogP contribution is -2.14. The Hall–Kier alpha value is -0.410. The van der Waals surface area contributed by atoms with Gasteiger partial charge in [-0.15, -0.1) is 11.3 Å². The third-order valence-corrected chi connectivity index (χ3v) is 3.82. The number of hydrogen-bond donors (Lipinski definition) is 1. The first-order valence-corrected chi connectivity index (χ1v) is 6.09. The number of alkyl halides is 1. The first-order valence-electron chi connectivity index (χ1n) is 5.27. The second-order valence-electron chi connectivity index (χ2n) is 3.73. The average molecular weight is 213 g/mol. The standard InChI is InChI=1S/C11H16FNS/c12-5-2-6-13-8-10-7-9-3-1-4-11(9)14-10/h7,13H,1-6,8H2. The minimum Gasteiger partial charge on any atom is -0.312 e. The average Bonchev–Trinajstić information content (AvgIpc) is 2.72. The molecule has 1 aromatic rings. The fourth-order valence-corrected chi connectivity index (χ4v) is 3.11. The summed E-state index contributed by atoms with van der Waals surface area (Å²) in [5.74, 6) is 0. The van der Waals surface area contributed by atoms with Crippen molar-refractivity contribution in [1.29, 1.82) is 0 Å². The highest BCUT2D eigenvalue weighted by Crippen LogP contribution is 2.30. The van der Waals surface area contributed by atoms with Crippen LogP contribution < -0.4 is 5.32 Å². The second-order valence-corrected chi connectivity index (χ2v) is 4.96. The summed E-state index contributed by atoms with van der Waals surface area (Å²) in [6.45, 7) is 1.49. The Balaban J connectivity index is 1.79. The summed E-state index contributed by atoms with van der Waals surface area (Å²) in [5, 5.41) is 3.26. The molecule has 3 heteroatoms. The van der Waals surface area contributed by atoms with E-state index in [2.05, 4.69) is 11.4 Å². The molecule has 2 rings (SSSR count). The second kappa shape index (κ2) is 4.89. The summed E-state index contributed by atoms with van der Waals surface area (Å²) in [6.07, 6.45) is 4.49. The Bertz CT molecular complexity index is 274. The van der Waals surface area contributed by atoms with Crippen LogP contribution in [0, 0.1) is 0 Å². The molecule has 0 saturated carbocycles. The molecule has 14 heavy (non-hydrogen) atoms. The maximum Gasteiger partial charge on any atom is 0.0906 e. The molecule has 0 saturated heterocycles. The van der Waals surface area contributed by atoms with Crippen LogP contribution in [0.4, 0.5) is 4.39 Å². The van der Waals surface area contributed by atoms with Gasteiger partial charge in [-0.25, -0.2) is 0 Å². The van der Waals surface area contributed by atoms with Crippen molar-refractivity contribution in [2.45, 2.75) is 32.2 Å². The number of hydrogen-bond acceptors (Lipinski definition) is 2. The molecule has 0 aliphatic heterocycles. The molecule has 1 nitrogen and oxygen atoms in total. The predicted molar refractivity (Wildman–Crippen MR) is 58.6 cm³/mol. The van der Waals surface area contributed by atoms with Crippen molar-refractivity contribution >= 4 is 11.3 Å². The van der Waals surface area contributed by atoms with E-state index in [0.717, 1.165) is 13.1 Å². The first kappa shape index (κ1) is 10.1. The minimum absolute atomic E-state index is 0.214. The van der Waals surface area contributed by atoms with Gasteiger partial charge in [0.1, 0.15) is 0 Å². The molecule has 0 aromatic carbocycles. The van der Waals surface area contributed by atoms with Gasteiger partial charge in [-0.2, -0.15) is 0 Å². The number of fused-ring (bicyclic) bond motifs is 1. The van der Waals surface area contributed by atoms with Crippen LogP contribution in [0.3, 0.4) is 0 Å². The van der Waals surface area contributed by atoms with Crippen molar-refractivity contribution in [2.75, 3.05) is 13.2 Å². The van der Waals surface area contributed by atoms with Gasteiger partial charge in [0.2, 0.25) is 0 Å². The van der Waals surface area contributed by atoms with Gasteiger partial charge >= 0.3 is 0 Å². The smallest absolute Gasteiger partial charge is 0.0906 e. The summed E-state index contributed by atoms with van der Waals surface area (Å²) >= 11 is 1.92. The quantitative estimate of drug-likeness (QED) is 0.742. The largest absolute Gasteiger partial charge is 0.312 e. The lowest BCUT2D eigenvalue weighted by atomic mass is 10.2. The van der Waals surface area contributed by atoms with Gasteiger partial charge in [-0.05, 0) is 43.9 Å². The minimum atomic E-state index is -0.214. The highest BCUT2D eigenvalue weighted by molar-refractivity contribution is 7.12. The van der Waals surface area contributed by atoms with Gasteiger partial charge in [0, 0.05) is 16.3 Å². The van der Waals surface area contributed by atoms with E-state index in [4.69, 9.17) is 0 Å². The summed E-state index contributed by atoms with van der Waals surface area (Å²) in [7, 11) is 0. The molecule has 0 radical (unpaired) electrons. The Morgan fingerprint density at radius 1 is 1.43 bits per heavy atom. The Kier molecular flexibility index (Phi) is 3.54. The van der Waals surface area contributed by atoms with E-state index in [1.165, 1.54) is 24.1 Å². The third-order valence-electron chi connectivity index (χ3n) is 2.58. The van der Waals surface area contributed by atoms with E-state index in [9.17, 15) is 4.39 Å². The van der Waals surface area contributed by atoms with Crippen LogP contribution in [0.25, 0.3) is 0 Å². The number of halogens is 1. The molecule has 0 atom stereocenters. The first-order chi connectivity index (χ1) is 6.90. The molecular formula is C11H16FNS. The van der Waals surface area contributed by atoms with Gasteiger partial charge in [0.05, 0.1) is 6.67 Å². The highest BCUT2D eigenvalue weighted by atomic mass is 32.1. The summed E-state index contributed by atoms with van der Waals surface area (Å²) in [5.41, 5.74) is 1.55. The van der Waals surface area contributed by atoms with E-state index in [-0.39, 0.29) is 6.67 Å². The van der Waals surface area contributed by atoms with Gasteiger partial charge in [0.25, 0.3) is 0 Å². The highest BCUT2D eigenvalue weighted by Gasteiger charge is 2.13. The van der Waals surface area contributed by atoms with Crippen molar-refractivity contribution in [3.63, 3.8) is 0 Å². The van der Waals surface area contributed by atoms with Crippen LogP contribution in [0.1, 0.15) is 28.2 Å². The Labute approximate surface area is 88.3 Å². The topological polar surface area (TPSA) is 12.0 Å². The zero-order valence-electron chi connectivity index (χ0n) is 8.31. The molecule has 0 bridgehead atoms. The summed E-state index contributed by atoms with van der Waals surface area (Å²) in [6, 6.07) is 2.31. The van der Waals surface area contributed by atoms with E-state index in [1.807, 2.05) is 11.3 Å². The van der Waals surface area contributed by atoms with Crippen molar-refractivity contribution in [3.8, 4) is 0 Å². The molecule has 0 spiro atoms. The molecule has 0 unspecified atom stereocenters. The fourth-order valence-electron chi connectivity index (χ4n) is 1.88. The molecule has 0 fully saturated rings. The van der Waals surface area contributed by atoms with Crippen molar-refractivity contribution < 1.29 is 4.39 Å². The SMILES string of the molecule is FCCCNCc1cc2c(s1)CCC2. The molecule has 1 N–H and O–H groups in total. The molecule has 78 valence electrons. The summed E-state index contributed by atoms with van der Waals surface area (Å²) < 4.78 is 11.8. The molecule has 1 heterocycles. The number of rotatable bonds is 5. The maximum atomic E-state index is 11.8. The van der Waals surface area contributed by atoms with Crippen LogP contribution >= 0.6 is 11.3 Å². The van der Waals surface area contributed by atoms with Crippen molar-refractivity contribution in [3.05, 3.63) is 21.4 Å². The fraction of sp³-hybridized carbons (Fsp3) is 0.636. The van der Waals surface area contributed by atoms with Crippen LogP contribution in [0.5, 0.6) is 0 Å². The van der Waals surface area contributed by atoms with E-state index in [1.54, 1.807) is 10.4 Å². The lowest BCUT2D eigenvalue weighted by molar-refractivity contribution is 0.459. The predicted octanol–water partition coefficient (Wildman–Crippen LogP) is 2.69. The maximum absolute atomic E-state index is 11.8. The Morgan fingerprint density at radius 3 is 3.14 bits per heavy atom. The van der Waals surface area contributed by atoms with Gasteiger partial charge in [0.15, 0.2) is 0 Å². The van der Waals surface area contributed by atoms with E-state index < -0.39 is 0 Å². The van der Waals surface area contributed by atoms with Gasteiger partial charge in [-0.1, -0.05) is 0 Å². The van der Waals surface area contributed by atoms with Crippen molar-refractivity contribution in [1.82, 2.24) is 5.32 Å². The van der Waals surface area contributed by atoms with E-state index >= 15 is 0 Å². The molecule has 1 aliphatic rings. The number of aryl methyl sites for hydroxylation is 2. The van der Waals surface area contributed by atoms with Gasteiger partial charge < -0.3 is 5.32 Å². The van der Waals surface area contributed by atoms with Crippen LogP contribution in [-0.4, -0.2) is 13.2 Å². The molecule has 1 aliphatic carbocycles. The normalized spacial score (nSPS) is 14.6. The van der Waals surface area contributed by atoms with Crippen LogP contribution in [0.15, 0.2) is 6.07 Å².